The zero-order valence-electron chi connectivity index (χ0n) is 20.0. The first kappa shape index (κ1) is 25.7. The fraction of sp³-hybridized carbons (Fsp3) is 0.607. The van der Waals surface area contributed by atoms with E-state index in [1.807, 2.05) is 0 Å². The molecular formula is C28H40Cl2Zr-2. The van der Waals surface area contributed by atoms with Crippen LogP contribution in [0.15, 0.2) is 24.3 Å². The average molecular weight is 539 g/mol. The molecule has 3 aliphatic carbocycles. The molecule has 3 aliphatic rings. The summed E-state index contributed by atoms with van der Waals surface area (Å²) in [5.41, 5.74) is 9.36. The molecule has 0 aromatic heterocycles. The minimum absolute atomic E-state index is 0.812. The van der Waals surface area contributed by atoms with Gasteiger partial charge in [-0.25, -0.2) is 12.1 Å². The maximum absolute atomic E-state index is 5.88. The maximum atomic E-state index is 5.88. The summed E-state index contributed by atoms with van der Waals surface area (Å²) < 4.78 is 1.53. The van der Waals surface area contributed by atoms with E-state index in [2.05, 4.69) is 52.0 Å². The SMILES string of the molecule is Cc1cc2c([cH-]1)CCCC2C.Cc1cc2c([cH-]1)CCCC2C.[Cl][Zr]([Cl])=[C]1CCCCC1. The molecule has 0 amide bonds. The Labute approximate surface area is 205 Å². The van der Waals surface area contributed by atoms with Crippen LogP contribution in [0.4, 0.5) is 0 Å². The van der Waals surface area contributed by atoms with Crippen molar-refractivity contribution in [1.29, 1.82) is 0 Å². The van der Waals surface area contributed by atoms with Crippen LogP contribution >= 0.6 is 17.0 Å². The van der Waals surface area contributed by atoms with Crippen molar-refractivity contribution in [2.75, 3.05) is 0 Å². The van der Waals surface area contributed by atoms with Crippen LogP contribution in [0.25, 0.3) is 0 Å². The van der Waals surface area contributed by atoms with Gasteiger partial charge in [0.15, 0.2) is 0 Å². The zero-order chi connectivity index (χ0) is 22.4. The summed E-state index contributed by atoms with van der Waals surface area (Å²) in [6.07, 6.45) is 14.7. The molecule has 0 saturated heterocycles. The van der Waals surface area contributed by atoms with E-state index < -0.39 is 18.9 Å². The van der Waals surface area contributed by atoms with Gasteiger partial charge in [-0.2, -0.15) is 45.5 Å². The average Bonchev–Trinajstić information content (AvgIpc) is 3.33. The second kappa shape index (κ2) is 12.5. The van der Waals surface area contributed by atoms with Crippen LogP contribution in [0, 0.1) is 13.8 Å². The Morgan fingerprint density at radius 1 is 0.710 bits per heavy atom. The Hall–Kier alpha value is 0.0331. The molecule has 0 nitrogen and oxygen atoms in total. The van der Waals surface area contributed by atoms with E-state index in [1.165, 1.54) is 85.0 Å². The van der Waals surface area contributed by atoms with Crippen molar-refractivity contribution in [3.63, 3.8) is 0 Å². The molecule has 5 rings (SSSR count). The molecular weight excluding hydrogens is 498 g/mol. The molecule has 0 radical (unpaired) electrons. The quantitative estimate of drug-likeness (QED) is 0.293. The van der Waals surface area contributed by atoms with Gasteiger partial charge < -0.3 is 0 Å². The van der Waals surface area contributed by atoms with E-state index in [4.69, 9.17) is 17.0 Å². The third-order valence-electron chi connectivity index (χ3n) is 7.26. The summed E-state index contributed by atoms with van der Waals surface area (Å²) in [6.45, 7) is 9.09. The molecule has 0 heterocycles. The third kappa shape index (κ3) is 7.52. The van der Waals surface area contributed by atoms with E-state index in [-0.39, 0.29) is 0 Å². The number of hydrogen-bond acceptors (Lipinski definition) is 0. The topological polar surface area (TPSA) is 0 Å². The number of hydrogen-bond donors (Lipinski definition) is 0. The van der Waals surface area contributed by atoms with Gasteiger partial charge in [-0.05, 0) is 0 Å². The van der Waals surface area contributed by atoms with Crippen LogP contribution in [-0.2, 0) is 31.7 Å². The van der Waals surface area contributed by atoms with Crippen molar-refractivity contribution in [1.82, 2.24) is 0 Å². The molecule has 0 spiro atoms. The molecule has 1 saturated carbocycles. The van der Waals surface area contributed by atoms with E-state index in [0.29, 0.717) is 0 Å². The molecule has 2 unspecified atom stereocenters. The normalized spacial score (nSPS) is 22.3. The molecule has 1 fully saturated rings. The van der Waals surface area contributed by atoms with Gasteiger partial charge in [0.25, 0.3) is 0 Å². The molecule has 2 aromatic carbocycles. The van der Waals surface area contributed by atoms with Crippen LogP contribution in [0.1, 0.15) is 117 Å². The minimum atomic E-state index is -1.88. The van der Waals surface area contributed by atoms with Gasteiger partial charge in [-0.15, -0.1) is 0 Å². The molecule has 0 aliphatic heterocycles. The Bertz CT molecular complexity index is 801. The predicted molar refractivity (Wildman–Crippen MR) is 136 cm³/mol. The fourth-order valence-electron chi connectivity index (χ4n) is 5.50. The Morgan fingerprint density at radius 2 is 1.16 bits per heavy atom. The summed E-state index contributed by atoms with van der Waals surface area (Å²) in [6, 6.07) is 9.42. The van der Waals surface area contributed by atoms with Crippen molar-refractivity contribution in [3.05, 3.63) is 57.6 Å². The number of fused-ring (bicyclic) bond motifs is 2. The Morgan fingerprint density at radius 3 is 1.52 bits per heavy atom. The van der Waals surface area contributed by atoms with Gasteiger partial charge in [-0.1, -0.05) is 78.1 Å². The molecule has 31 heavy (non-hydrogen) atoms. The molecule has 0 N–H and O–H groups in total. The van der Waals surface area contributed by atoms with Crippen molar-refractivity contribution in [3.8, 4) is 0 Å². The van der Waals surface area contributed by atoms with Crippen LogP contribution in [0.2, 0.25) is 0 Å². The standard InChI is InChI=1S/2C11H15.C6H10.2ClH.Zr/c2*1-8-6-10-5-3-4-9(2)11(10)7-8;1-2-4-6-5-3-1;;;/h2*6-7,9H,3-5H2,1-2H3;1-5H2;2*1H;/q2*-1;;;;+2/p-2. The van der Waals surface area contributed by atoms with Crippen molar-refractivity contribution >= 4 is 20.2 Å². The Kier molecular flexibility index (Phi) is 10.3. The first-order chi connectivity index (χ1) is 14.8. The molecule has 0 bridgehead atoms. The molecule has 3 heteroatoms. The summed E-state index contributed by atoms with van der Waals surface area (Å²) in [5.74, 6) is 1.62. The van der Waals surface area contributed by atoms with Gasteiger partial charge in [-0.3, -0.25) is 0 Å². The van der Waals surface area contributed by atoms with E-state index in [1.54, 1.807) is 22.3 Å². The number of halogens is 2. The van der Waals surface area contributed by atoms with Gasteiger partial charge >= 0.3 is 71.2 Å². The summed E-state index contributed by atoms with van der Waals surface area (Å²) in [5, 5.41) is 0. The first-order valence-corrected chi connectivity index (χ1v) is 20.0. The van der Waals surface area contributed by atoms with Crippen molar-refractivity contribution < 1.29 is 18.9 Å². The van der Waals surface area contributed by atoms with Crippen LogP contribution in [0.5, 0.6) is 0 Å². The van der Waals surface area contributed by atoms with Crippen LogP contribution < -0.4 is 0 Å². The van der Waals surface area contributed by atoms with Crippen molar-refractivity contribution in [2.45, 2.75) is 110 Å². The number of aryl methyl sites for hydroxylation is 4. The van der Waals surface area contributed by atoms with Crippen molar-refractivity contribution in [2.24, 2.45) is 0 Å². The van der Waals surface area contributed by atoms with Crippen LogP contribution in [0.3, 0.4) is 0 Å². The second-order valence-corrected chi connectivity index (χ2v) is 18.7. The molecule has 2 atom stereocenters. The Balaban J connectivity index is 0.000000133. The van der Waals surface area contributed by atoms with E-state index in [9.17, 15) is 0 Å². The molecule has 172 valence electrons. The molecule has 2 aromatic rings. The number of rotatable bonds is 0. The van der Waals surface area contributed by atoms with E-state index in [0.717, 1.165) is 11.8 Å². The van der Waals surface area contributed by atoms with Gasteiger partial charge in [0.05, 0.1) is 0 Å². The zero-order valence-corrected chi connectivity index (χ0v) is 24.0. The first-order valence-electron chi connectivity index (χ1n) is 12.4. The third-order valence-corrected chi connectivity index (χ3v) is 13.0. The summed E-state index contributed by atoms with van der Waals surface area (Å²) >= 11 is -1.88. The monoisotopic (exact) mass is 536 g/mol. The summed E-state index contributed by atoms with van der Waals surface area (Å²) in [4.78, 5) is 0. The van der Waals surface area contributed by atoms with E-state index >= 15 is 0 Å². The van der Waals surface area contributed by atoms with Gasteiger partial charge in [0.2, 0.25) is 0 Å². The van der Waals surface area contributed by atoms with Gasteiger partial charge in [0, 0.05) is 0 Å². The van der Waals surface area contributed by atoms with Crippen LogP contribution in [-0.4, -0.2) is 3.21 Å². The second-order valence-electron chi connectivity index (χ2n) is 10.0. The fourth-order valence-corrected chi connectivity index (χ4v) is 9.54. The summed E-state index contributed by atoms with van der Waals surface area (Å²) in [7, 11) is 11.8. The van der Waals surface area contributed by atoms with Gasteiger partial charge in [0.1, 0.15) is 0 Å². The predicted octanol–water partition coefficient (Wildman–Crippen LogP) is 9.36.